The molecule has 0 spiro atoms. The van der Waals surface area contributed by atoms with Gasteiger partial charge in [-0.25, -0.2) is 24.1 Å². The first-order valence-electron chi connectivity index (χ1n) is 10.3. The predicted octanol–water partition coefficient (Wildman–Crippen LogP) is 3.71. The van der Waals surface area contributed by atoms with Crippen molar-refractivity contribution in [1.82, 2.24) is 30.0 Å². The summed E-state index contributed by atoms with van der Waals surface area (Å²) < 4.78 is 13.2. The standard InChI is InChI=1S/C22H22FN7O/c1-13-7-17-10-22(9-13,20-24-5-6-27-29-20)30(17)21(31)28-16-4-3-14(2)18(8-16)19-25-11-15(23)12-26-19/h3-6,8,11-13,17H,7,9-10H2,1-2H3,(H,28,31). The molecule has 158 valence electrons. The third-order valence-corrected chi connectivity index (χ3v) is 6.23. The maximum absolute atomic E-state index is 13.3. The van der Waals surface area contributed by atoms with Gasteiger partial charge in [0.1, 0.15) is 5.54 Å². The Balaban J connectivity index is 1.42. The molecule has 2 aromatic heterocycles. The number of anilines is 1. The Kier molecular flexibility index (Phi) is 4.60. The molecule has 3 aromatic rings. The summed E-state index contributed by atoms with van der Waals surface area (Å²) in [6, 6.07) is 5.50. The fourth-order valence-electron chi connectivity index (χ4n) is 5.00. The van der Waals surface area contributed by atoms with E-state index >= 15 is 0 Å². The maximum atomic E-state index is 13.3. The number of hydrogen-bond acceptors (Lipinski definition) is 6. The van der Waals surface area contributed by atoms with Gasteiger partial charge < -0.3 is 10.2 Å². The molecule has 31 heavy (non-hydrogen) atoms. The quantitative estimate of drug-likeness (QED) is 0.695. The molecule has 3 atom stereocenters. The molecule has 2 amide bonds. The fourth-order valence-corrected chi connectivity index (χ4v) is 5.00. The number of aryl methyl sites for hydroxylation is 1. The lowest BCUT2D eigenvalue weighted by Crippen LogP contribution is -2.70. The molecule has 8 nitrogen and oxygen atoms in total. The average molecular weight is 419 g/mol. The maximum Gasteiger partial charge on any atom is 0.322 e. The molecule has 2 bridgehead atoms. The minimum absolute atomic E-state index is 0.151. The van der Waals surface area contributed by atoms with Crippen molar-refractivity contribution >= 4 is 11.7 Å². The number of hydrogen-bond donors (Lipinski definition) is 1. The number of rotatable bonds is 3. The summed E-state index contributed by atoms with van der Waals surface area (Å²) in [6.07, 6.45) is 8.04. The number of nitrogens with zero attached hydrogens (tertiary/aromatic N) is 6. The number of halogens is 1. The Hall–Kier alpha value is -3.49. The number of nitrogens with one attached hydrogen (secondary N) is 1. The van der Waals surface area contributed by atoms with E-state index in [4.69, 9.17) is 0 Å². The third-order valence-electron chi connectivity index (χ3n) is 6.23. The van der Waals surface area contributed by atoms with Crippen LogP contribution in [0.3, 0.4) is 0 Å². The smallest absolute Gasteiger partial charge is 0.308 e. The molecule has 9 heteroatoms. The van der Waals surface area contributed by atoms with Gasteiger partial charge in [-0.2, -0.15) is 5.10 Å². The van der Waals surface area contributed by atoms with Crippen molar-refractivity contribution in [3.8, 4) is 11.4 Å². The van der Waals surface area contributed by atoms with E-state index < -0.39 is 11.4 Å². The molecule has 2 aliphatic heterocycles. The van der Waals surface area contributed by atoms with E-state index in [-0.39, 0.29) is 12.1 Å². The number of urea groups is 1. The molecule has 1 aromatic carbocycles. The first-order valence-corrected chi connectivity index (χ1v) is 10.3. The minimum atomic E-state index is -0.520. The molecule has 2 fully saturated rings. The topological polar surface area (TPSA) is 96.8 Å². The van der Waals surface area contributed by atoms with Crippen LogP contribution in [-0.4, -0.2) is 42.1 Å². The number of benzene rings is 1. The van der Waals surface area contributed by atoms with Crippen LogP contribution in [0.25, 0.3) is 11.4 Å². The normalized spacial score (nSPS) is 24.4. The van der Waals surface area contributed by atoms with Crippen molar-refractivity contribution in [2.45, 2.75) is 44.7 Å². The molecule has 1 N–H and O–H groups in total. The van der Waals surface area contributed by atoms with Crippen molar-refractivity contribution in [2.24, 2.45) is 5.92 Å². The number of piperidine rings is 1. The van der Waals surface area contributed by atoms with Crippen molar-refractivity contribution in [3.05, 3.63) is 60.2 Å². The van der Waals surface area contributed by atoms with Crippen molar-refractivity contribution in [3.63, 3.8) is 0 Å². The second kappa shape index (κ2) is 7.33. The number of carbonyl (C=O) groups excluding carboxylic acids is 1. The Morgan fingerprint density at radius 3 is 2.74 bits per heavy atom. The lowest BCUT2D eigenvalue weighted by molar-refractivity contribution is -0.101. The van der Waals surface area contributed by atoms with Crippen LogP contribution in [0, 0.1) is 18.7 Å². The van der Waals surface area contributed by atoms with Gasteiger partial charge in [-0.15, -0.1) is 5.10 Å². The van der Waals surface area contributed by atoms with E-state index in [1.807, 2.05) is 30.0 Å². The number of aromatic nitrogens is 5. The molecular weight excluding hydrogens is 397 g/mol. The van der Waals surface area contributed by atoms with E-state index in [0.717, 1.165) is 42.8 Å². The SMILES string of the molecule is Cc1ccc(NC(=O)N2C3CC(C)CC2(c2nccnn2)C3)cc1-c1ncc(F)cn1. The van der Waals surface area contributed by atoms with Crippen LogP contribution in [0.1, 0.15) is 37.6 Å². The Labute approximate surface area is 179 Å². The molecule has 5 rings (SSSR count). The van der Waals surface area contributed by atoms with Gasteiger partial charge in [-0.1, -0.05) is 13.0 Å². The van der Waals surface area contributed by atoms with E-state index in [0.29, 0.717) is 23.3 Å². The molecule has 0 radical (unpaired) electrons. The van der Waals surface area contributed by atoms with Gasteiger partial charge in [0.05, 0.1) is 18.6 Å². The lowest BCUT2D eigenvalue weighted by atomic mass is 9.64. The van der Waals surface area contributed by atoms with Gasteiger partial charge in [0.15, 0.2) is 17.5 Å². The Morgan fingerprint density at radius 1 is 1.19 bits per heavy atom. The highest BCUT2D eigenvalue weighted by molar-refractivity contribution is 5.92. The van der Waals surface area contributed by atoms with Gasteiger partial charge in [0.25, 0.3) is 0 Å². The van der Waals surface area contributed by atoms with Gasteiger partial charge in [-0.3, -0.25) is 0 Å². The van der Waals surface area contributed by atoms with Gasteiger partial charge in [-0.05, 0) is 49.8 Å². The van der Waals surface area contributed by atoms with Crippen LogP contribution >= 0.6 is 0 Å². The monoisotopic (exact) mass is 419 g/mol. The van der Waals surface area contributed by atoms with Crippen LogP contribution in [0.4, 0.5) is 14.9 Å². The first kappa shape index (κ1) is 19.5. The van der Waals surface area contributed by atoms with Crippen LogP contribution in [0.2, 0.25) is 0 Å². The van der Waals surface area contributed by atoms with E-state index in [9.17, 15) is 9.18 Å². The number of amides is 2. The highest BCUT2D eigenvalue weighted by Crippen LogP contribution is 2.54. The second-order valence-electron chi connectivity index (χ2n) is 8.46. The molecule has 2 saturated heterocycles. The van der Waals surface area contributed by atoms with E-state index in [1.165, 1.54) is 6.20 Å². The van der Waals surface area contributed by atoms with Crippen LogP contribution in [-0.2, 0) is 5.54 Å². The summed E-state index contributed by atoms with van der Waals surface area (Å²) >= 11 is 0. The van der Waals surface area contributed by atoms with Gasteiger partial charge in [0.2, 0.25) is 0 Å². The molecule has 3 unspecified atom stereocenters. The summed E-state index contributed by atoms with van der Waals surface area (Å²) in [7, 11) is 0. The predicted molar refractivity (Wildman–Crippen MR) is 111 cm³/mol. The van der Waals surface area contributed by atoms with Gasteiger partial charge >= 0.3 is 6.03 Å². The Morgan fingerprint density at radius 2 is 2.00 bits per heavy atom. The minimum Gasteiger partial charge on any atom is -0.308 e. The molecule has 0 aliphatic carbocycles. The van der Waals surface area contributed by atoms with E-state index in [2.05, 4.69) is 37.4 Å². The molecule has 0 saturated carbocycles. The van der Waals surface area contributed by atoms with Crippen LogP contribution in [0.5, 0.6) is 0 Å². The summed E-state index contributed by atoms with van der Waals surface area (Å²) in [5.74, 6) is 0.989. The highest BCUT2D eigenvalue weighted by Gasteiger charge is 2.61. The zero-order valence-corrected chi connectivity index (χ0v) is 17.3. The van der Waals surface area contributed by atoms with Crippen molar-refractivity contribution < 1.29 is 9.18 Å². The van der Waals surface area contributed by atoms with Crippen LogP contribution < -0.4 is 5.32 Å². The fraction of sp³-hybridized carbons (Fsp3) is 0.364. The first-order chi connectivity index (χ1) is 15.0. The second-order valence-corrected chi connectivity index (χ2v) is 8.46. The van der Waals surface area contributed by atoms with E-state index in [1.54, 1.807) is 6.20 Å². The number of carbonyl (C=O) groups is 1. The molecule has 2 aliphatic rings. The third kappa shape index (κ3) is 3.30. The highest BCUT2D eigenvalue weighted by atomic mass is 19.1. The zero-order valence-electron chi connectivity index (χ0n) is 17.3. The molecule has 4 heterocycles. The largest absolute Gasteiger partial charge is 0.322 e. The number of fused-ring (bicyclic) bond motifs is 2. The lowest BCUT2D eigenvalue weighted by Gasteiger charge is -2.62. The zero-order chi connectivity index (χ0) is 21.6. The summed E-state index contributed by atoms with van der Waals surface area (Å²) in [4.78, 5) is 27.7. The average Bonchev–Trinajstić information content (AvgIpc) is 2.76. The van der Waals surface area contributed by atoms with Crippen LogP contribution in [0.15, 0.2) is 43.0 Å². The Bertz CT molecular complexity index is 1120. The van der Waals surface area contributed by atoms with Gasteiger partial charge in [0, 0.05) is 23.5 Å². The summed E-state index contributed by atoms with van der Waals surface area (Å²) in [5.41, 5.74) is 1.77. The summed E-state index contributed by atoms with van der Waals surface area (Å²) in [6.45, 7) is 4.12. The van der Waals surface area contributed by atoms with Crippen molar-refractivity contribution in [2.75, 3.05) is 5.32 Å². The van der Waals surface area contributed by atoms with Crippen molar-refractivity contribution in [1.29, 1.82) is 0 Å². The summed E-state index contributed by atoms with van der Waals surface area (Å²) in [5, 5.41) is 11.2. The molecular formula is C22H22FN7O.